The Balaban J connectivity index is 1.71. The number of nitrogens with one attached hydrogen (secondary N) is 1. The van der Waals surface area contributed by atoms with Gasteiger partial charge in [0.05, 0.1) is 7.11 Å². The Bertz CT molecular complexity index is 487. The van der Waals surface area contributed by atoms with E-state index in [1.165, 1.54) is 32.8 Å². The summed E-state index contributed by atoms with van der Waals surface area (Å²) >= 11 is 0. The molecule has 0 amide bonds. The highest BCUT2D eigenvalue weighted by Gasteiger charge is 2.42. The minimum atomic E-state index is -0.356. The van der Waals surface area contributed by atoms with Crippen LogP contribution in [0.15, 0.2) is 30.3 Å². The van der Waals surface area contributed by atoms with E-state index in [0.29, 0.717) is 12.0 Å². The molecule has 0 radical (unpaired) electrons. The molecule has 5 unspecified atom stereocenters. The third-order valence-electron chi connectivity index (χ3n) is 5.43. The van der Waals surface area contributed by atoms with E-state index in [4.69, 9.17) is 4.74 Å². The highest BCUT2D eigenvalue weighted by molar-refractivity contribution is 5.77. The molecule has 5 atom stereocenters. The van der Waals surface area contributed by atoms with E-state index in [-0.39, 0.29) is 12.0 Å². The summed E-state index contributed by atoms with van der Waals surface area (Å²) in [5, 5.41) is 3.54. The Hall–Kier alpha value is -1.35. The van der Waals surface area contributed by atoms with E-state index >= 15 is 0 Å². The fourth-order valence-electron chi connectivity index (χ4n) is 4.36. The third kappa shape index (κ3) is 2.98. The van der Waals surface area contributed by atoms with Crippen molar-refractivity contribution in [2.75, 3.05) is 7.11 Å². The molecular formula is C18H25NO2. The summed E-state index contributed by atoms with van der Waals surface area (Å²) in [6.45, 7) is 2.23. The van der Waals surface area contributed by atoms with Gasteiger partial charge in [0.25, 0.3) is 0 Å². The van der Waals surface area contributed by atoms with Gasteiger partial charge in [-0.25, -0.2) is 4.79 Å². The molecule has 3 heteroatoms. The zero-order chi connectivity index (χ0) is 14.8. The first kappa shape index (κ1) is 14.6. The van der Waals surface area contributed by atoms with E-state index in [1.807, 2.05) is 30.3 Å². The third-order valence-corrected chi connectivity index (χ3v) is 5.43. The summed E-state index contributed by atoms with van der Waals surface area (Å²) in [7, 11) is 1.46. The van der Waals surface area contributed by atoms with Crippen LogP contribution in [0.4, 0.5) is 0 Å². The first-order chi connectivity index (χ1) is 10.2. The molecule has 0 heterocycles. The fourth-order valence-corrected chi connectivity index (χ4v) is 4.36. The lowest BCUT2D eigenvalue weighted by Crippen LogP contribution is -2.41. The zero-order valence-electron chi connectivity index (χ0n) is 12.9. The van der Waals surface area contributed by atoms with Crippen LogP contribution in [0.2, 0.25) is 0 Å². The lowest BCUT2D eigenvalue weighted by atomic mass is 9.83. The summed E-state index contributed by atoms with van der Waals surface area (Å²) in [5.41, 5.74) is 0.986. The number of benzene rings is 1. The van der Waals surface area contributed by atoms with Crippen LogP contribution >= 0.6 is 0 Å². The van der Waals surface area contributed by atoms with Crippen LogP contribution in [0.25, 0.3) is 0 Å². The second-order valence-corrected chi connectivity index (χ2v) is 6.66. The number of esters is 1. The number of carbonyl (C=O) groups is 1. The van der Waals surface area contributed by atoms with Crippen LogP contribution in [-0.4, -0.2) is 19.1 Å². The van der Waals surface area contributed by atoms with Crippen molar-refractivity contribution in [1.29, 1.82) is 0 Å². The van der Waals surface area contributed by atoms with Gasteiger partial charge in [-0.05, 0) is 49.5 Å². The van der Waals surface area contributed by atoms with E-state index in [9.17, 15) is 4.79 Å². The Labute approximate surface area is 127 Å². The molecule has 0 saturated heterocycles. The van der Waals surface area contributed by atoms with Crippen molar-refractivity contribution < 1.29 is 9.53 Å². The molecule has 2 aliphatic rings. The fraction of sp³-hybridized carbons (Fsp3) is 0.611. The van der Waals surface area contributed by atoms with Crippen molar-refractivity contribution in [3.05, 3.63) is 35.9 Å². The molecule has 2 fully saturated rings. The predicted octanol–water partition coefficient (Wildman–Crippen LogP) is 3.32. The first-order valence-electron chi connectivity index (χ1n) is 8.08. The first-order valence-corrected chi connectivity index (χ1v) is 8.08. The Morgan fingerprint density at radius 3 is 2.57 bits per heavy atom. The number of carbonyl (C=O) groups excluding carboxylic acids is 1. The van der Waals surface area contributed by atoms with Gasteiger partial charge in [0, 0.05) is 6.04 Å². The highest BCUT2D eigenvalue weighted by atomic mass is 16.5. The minimum absolute atomic E-state index is 0.198. The van der Waals surface area contributed by atoms with Crippen molar-refractivity contribution >= 4 is 5.97 Å². The molecule has 114 valence electrons. The van der Waals surface area contributed by atoms with Gasteiger partial charge in [0.1, 0.15) is 6.04 Å². The average Bonchev–Trinajstić information content (AvgIpc) is 3.15. The van der Waals surface area contributed by atoms with Gasteiger partial charge in [-0.2, -0.15) is 0 Å². The number of hydrogen-bond acceptors (Lipinski definition) is 3. The van der Waals surface area contributed by atoms with E-state index in [1.54, 1.807) is 0 Å². The Morgan fingerprint density at radius 1 is 1.24 bits per heavy atom. The molecule has 2 aliphatic carbocycles. The molecule has 1 N–H and O–H groups in total. The summed E-state index contributed by atoms with van der Waals surface area (Å²) in [6.07, 6.45) is 5.50. The maximum Gasteiger partial charge on any atom is 0.327 e. The van der Waals surface area contributed by atoms with Gasteiger partial charge >= 0.3 is 5.97 Å². The topological polar surface area (TPSA) is 38.3 Å². The molecule has 2 bridgehead atoms. The number of methoxy groups -OCH3 is 1. The van der Waals surface area contributed by atoms with Crippen LogP contribution in [0.1, 0.15) is 44.2 Å². The van der Waals surface area contributed by atoms with Crippen molar-refractivity contribution in [3.63, 3.8) is 0 Å². The van der Waals surface area contributed by atoms with Gasteiger partial charge in [0.2, 0.25) is 0 Å². The van der Waals surface area contributed by atoms with E-state index in [2.05, 4.69) is 12.2 Å². The minimum Gasteiger partial charge on any atom is -0.468 e. The van der Waals surface area contributed by atoms with Gasteiger partial charge < -0.3 is 4.74 Å². The molecule has 3 nitrogen and oxygen atoms in total. The number of fused-ring (bicyclic) bond motifs is 2. The van der Waals surface area contributed by atoms with Gasteiger partial charge in [-0.1, -0.05) is 36.8 Å². The number of ether oxygens (including phenoxy) is 1. The second kappa shape index (κ2) is 6.18. The van der Waals surface area contributed by atoms with Gasteiger partial charge in [-0.15, -0.1) is 0 Å². The van der Waals surface area contributed by atoms with Crippen LogP contribution in [0.3, 0.4) is 0 Å². The molecule has 0 aliphatic heterocycles. The highest BCUT2D eigenvalue weighted by Crippen LogP contribution is 2.49. The van der Waals surface area contributed by atoms with E-state index < -0.39 is 0 Å². The lowest BCUT2D eigenvalue weighted by Gasteiger charge is -2.31. The van der Waals surface area contributed by atoms with Gasteiger partial charge in [0.15, 0.2) is 0 Å². The smallest absolute Gasteiger partial charge is 0.327 e. The maximum atomic E-state index is 12.1. The summed E-state index contributed by atoms with van der Waals surface area (Å²) < 4.78 is 4.99. The van der Waals surface area contributed by atoms with E-state index in [0.717, 1.165) is 17.4 Å². The van der Waals surface area contributed by atoms with Gasteiger partial charge in [-0.3, -0.25) is 5.32 Å². The Morgan fingerprint density at radius 2 is 2.00 bits per heavy atom. The molecule has 0 spiro atoms. The summed E-state index contributed by atoms with van der Waals surface area (Å²) in [4.78, 5) is 12.1. The zero-order valence-corrected chi connectivity index (χ0v) is 12.9. The van der Waals surface area contributed by atoms with Crippen LogP contribution in [0, 0.1) is 17.8 Å². The molecule has 1 aromatic carbocycles. The van der Waals surface area contributed by atoms with Crippen molar-refractivity contribution in [2.24, 2.45) is 17.8 Å². The van der Waals surface area contributed by atoms with Crippen LogP contribution in [0.5, 0.6) is 0 Å². The molecule has 0 aromatic heterocycles. The van der Waals surface area contributed by atoms with Crippen LogP contribution < -0.4 is 5.32 Å². The van der Waals surface area contributed by atoms with Crippen LogP contribution in [-0.2, 0) is 9.53 Å². The number of rotatable bonds is 5. The second-order valence-electron chi connectivity index (χ2n) is 6.66. The molecule has 21 heavy (non-hydrogen) atoms. The molecule has 3 rings (SSSR count). The summed E-state index contributed by atoms with van der Waals surface area (Å²) in [6, 6.07) is 9.88. The summed E-state index contributed by atoms with van der Waals surface area (Å²) in [5.74, 6) is 2.29. The standard InChI is InChI=1S/C18H25NO2/c1-12(16-11-13-8-9-15(16)10-13)19-17(18(20)21-2)14-6-4-3-5-7-14/h3-7,12-13,15-17,19H,8-11H2,1-2H3. The van der Waals surface area contributed by atoms with Crippen molar-refractivity contribution in [1.82, 2.24) is 5.32 Å². The molecule has 2 saturated carbocycles. The molecule has 1 aromatic rings. The normalized spacial score (nSPS) is 30.1. The molecular weight excluding hydrogens is 262 g/mol. The SMILES string of the molecule is COC(=O)C(NC(C)C1CC2CCC1C2)c1ccccc1. The quantitative estimate of drug-likeness (QED) is 0.844. The average molecular weight is 287 g/mol. The van der Waals surface area contributed by atoms with Crippen molar-refractivity contribution in [3.8, 4) is 0 Å². The largest absolute Gasteiger partial charge is 0.468 e. The monoisotopic (exact) mass is 287 g/mol. The maximum absolute atomic E-state index is 12.1. The Kier molecular flexibility index (Phi) is 4.29. The number of hydrogen-bond donors (Lipinski definition) is 1. The lowest BCUT2D eigenvalue weighted by molar-refractivity contribution is -0.143. The predicted molar refractivity (Wildman–Crippen MR) is 82.7 cm³/mol. The van der Waals surface area contributed by atoms with Crippen molar-refractivity contribution in [2.45, 2.75) is 44.7 Å².